The summed E-state index contributed by atoms with van der Waals surface area (Å²) in [5, 5.41) is 2.94. The van der Waals surface area contributed by atoms with Crippen molar-refractivity contribution in [2.75, 3.05) is 25.3 Å². The van der Waals surface area contributed by atoms with Gasteiger partial charge in [0.05, 0.1) is 17.8 Å². The zero-order valence-corrected chi connectivity index (χ0v) is 18.9. The maximum absolute atomic E-state index is 12.5. The van der Waals surface area contributed by atoms with Crippen molar-refractivity contribution in [3.05, 3.63) is 71.5 Å². The van der Waals surface area contributed by atoms with Crippen LogP contribution < -0.4 is 10.2 Å². The summed E-state index contributed by atoms with van der Waals surface area (Å²) in [6.07, 6.45) is 2.01. The molecule has 0 aliphatic rings. The maximum atomic E-state index is 12.5. The van der Waals surface area contributed by atoms with Crippen LogP contribution in [-0.2, 0) is 6.54 Å². The number of nitrogens with one attached hydrogen (secondary N) is 2. The SMILES string of the molecule is CSc1cc(C(=O)NCc2nc3nc(-c4ccc(N(C)C)cc4)ccc3[nH]2)ccc1C. The number of rotatable bonds is 6. The number of aromatic nitrogens is 3. The summed E-state index contributed by atoms with van der Waals surface area (Å²) in [4.78, 5) is 28.2. The number of nitrogens with zero attached hydrogens (tertiary/aromatic N) is 3. The second kappa shape index (κ2) is 8.81. The van der Waals surface area contributed by atoms with Crippen LogP contribution in [0.15, 0.2) is 59.5 Å². The summed E-state index contributed by atoms with van der Waals surface area (Å²) in [5.74, 6) is 0.554. The van der Waals surface area contributed by atoms with E-state index >= 15 is 0 Å². The minimum Gasteiger partial charge on any atom is -0.378 e. The van der Waals surface area contributed by atoms with Gasteiger partial charge in [-0.15, -0.1) is 11.8 Å². The van der Waals surface area contributed by atoms with Gasteiger partial charge in [0, 0.05) is 35.8 Å². The van der Waals surface area contributed by atoms with Crippen LogP contribution in [0.2, 0.25) is 0 Å². The molecule has 0 aliphatic carbocycles. The molecule has 31 heavy (non-hydrogen) atoms. The van der Waals surface area contributed by atoms with Crippen LogP contribution in [0.3, 0.4) is 0 Å². The molecule has 158 valence electrons. The van der Waals surface area contributed by atoms with Crippen LogP contribution in [0, 0.1) is 6.92 Å². The van der Waals surface area contributed by atoms with Crippen molar-refractivity contribution in [1.29, 1.82) is 0 Å². The van der Waals surface area contributed by atoms with Crippen molar-refractivity contribution in [2.45, 2.75) is 18.4 Å². The van der Waals surface area contributed by atoms with Crippen molar-refractivity contribution in [1.82, 2.24) is 20.3 Å². The predicted octanol–water partition coefficient (Wildman–Crippen LogP) is 4.65. The summed E-state index contributed by atoms with van der Waals surface area (Å²) < 4.78 is 0. The highest BCUT2D eigenvalue weighted by Gasteiger charge is 2.11. The molecule has 2 aromatic heterocycles. The van der Waals surface area contributed by atoms with E-state index in [2.05, 4.69) is 49.4 Å². The number of hydrogen-bond acceptors (Lipinski definition) is 5. The number of aryl methyl sites for hydroxylation is 1. The molecule has 2 N–H and O–H groups in total. The Labute approximate surface area is 186 Å². The smallest absolute Gasteiger partial charge is 0.251 e. The molecule has 4 rings (SSSR count). The first-order valence-corrected chi connectivity index (χ1v) is 11.2. The molecule has 0 radical (unpaired) electrons. The van der Waals surface area contributed by atoms with Gasteiger partial charge in [-0.1, -0.05) is 18.2 Å². The highest BCUT2D eigenvalue weighted by Crippen LogP contribution is 2.23. The fourth-order valence-corrected chi connectivity index (χ4v) is 3.98. The normalized spacial score (nSPS) is 11.0. The van der Waals surface area contributed by atoms with Gasteiger partial charge in [-0.25, -0.2) is 9.97 Å². The molecule has 2 heterocycles. The molecule has 0 unspecified atom stereocenters. The number of imidazole rings is 1. The van der Waals surface area contributed by atoms with E-state index in [4.69, 9.17) is 0 Å². The third-order valence-corrected chi connectivity index (χ3v) is 6.04. The molecule has 0 saturated carbocycles. The maximum Gasteiger partial charge on any atom is 0.251 e. The van der Waals surface area contributed by atoms with Crippen LogP contribution in [0.4, 0.5) is 5.69 Å². The van der Waals surface area contributed by atoms with Crippen LogP contribution in [0.1, 0.15) is 21.7 Å². The first kappa shape index (κ1) is 20.9. The Hall–Kier alpha value is -3.32. The Morgan fingerprint density at radius 1 is 1.06 bits per heavy atom. The quantitative estimate of drug-likeness (QED) is 0.435. The molecule has 2 aromatic carbocycles. The molecular weight excluding hydrogens is 406 g/mol. The van der Waals surface area contributed by atoms with Crippen molar-refractivity contribution >= 4 is 34.5 Å². The summed E-state index contributed by atoms with van der Waals surface area (Å²) in [6, 6.07) is 17.9. The molecular formula is C24H25N5OS. The topological polar surface area (TPSA) is 73.9 Å². The van der Waals surface area contributed by atoms with Gasteiger partial charge in [-0.05, 0) is 55.1 Å². The zero-order valence-electron chi connectivity index (χ0n) is 18.1. The number of fused-ring (bicyclic) bond motifs is 1. The van der Waals surface area contributed by atoms with E-state index in [0.717, 1.165) is 27.4 Å². The lowest BCUT2D eigenvalue weighted by molar-refractivity contribution is 0.0949. The summed E-state index contributed by atoms with van der Waals surface area (Å²) in [6.45, 7) is 2.35. The van der Waals surface area contributed by atoms with E-state index in [1.54, 1.807) is 11.8 Å². The van der Waals surface area contributed by atoms with E-state index in [1.165, 1.54) is 5.56 Å². The number of pyridine rings is 1. The molecule has 0 bridgehead atoms. The van der Waals surface area contributed by atoms with Gasteiger partial charge >= 0.3 is 0 Å². The highest BCUT2D eigenvalue weighted by molar-refractivity contribution is 7.98. The summed E-state index contributed by atoms with van der Waals surface area (Å²) >= 11 is 1.64. The molecule has 0 aliphatic heterocycles. The van der Waals surface area contributed by atoms with E-state index in [-0.39, 0.29) is 5.91 Å². The van der Waals surface area contributed by atoms with Crippen LogP contribution in [0.25, 0.3) is 22.4 Å². The molecule has 1 amide bonds. The molecule has 4 aromatic rings. The van der Waals surface area contributed by atoms with Gasteiger partial charge in [-0.2, -0.15) is 0 Å². The first-order valence-electron chi connectivity index (χ1n) is 10.0. The third-order valence-electron chi connectivity index (χ3n) is 5.16. The van der Waals surface area contributed by atoms with Crippen LogP contribution in [-0.4, -0.2) is 41.2 Å². The lowest BCUT2D eigenvalue weighted by Gasteiger charge is -2.12. The van der Waals surface area contributed by atoms with Crippen molar-refractivity contribution in [3.8, 4) is 11.3 Å². The number of carbonyl (C=O) groups excluding carboxylic acids is 1. The number of amides is 1. The Balaban J connectivity index is 1.48. The van der Waals surface area contributed by atoms with Gasteiger partial charge in [-0.3, -0.25) is 4.79 Å². The van der Waals surface area contributed by atoms with Gasteiger partial charge in [0.2, 0.25) is 0 Å². The zero-order chi connectivity index (χ0) is 22.0. The highest BCUT2D eigenvalue weighted by atomic mass is 32.2. The average Bonchev–Trinajstić information content (AvgIpc) is 3.20. The number of aromatic amines is 1. The van der Waals surface area contributed by atoms with E-state index < -0.39 is 0 Å². The standard InChI is InChI=1S/C24H25N5OS/c1-15-5-6-17(13-21(15)31-4)24(30)25-14-22-26-20-12-11-19(27-23(20)28-22)16-7-9-18(10-8-16)29(2)3/h5-13H,14H2,1-4H3,(H,25,30)(H,26,27,28). The average molecular weight is 432 g/mol. The minimum absolute atomic E-state index is 0.120. The number of carbonyl (C=O) groups is 1. The van der Waals surface area contributed by atoms with Gasteiger partial charge in [0.15, 0.2) is 5.65 Å². The minimum atomic E-state index is -0.120. The van der Waals surface area contributed by atoms with E-state index in [9.17, 15) is 4.79 Å². The monoisotopic (exact) mass is 431 g/mol. The second-order valence-electron chi connectivity index (χ2n) is 7.56. The molecule has 0 atom stereocenters. The van der Waals surface area contributed by atoms with E-state index in [1.807, 2.05) is 57.6 Å². The van der Waals surface area contributed by atoms with Gasteiger partial charge in [0.1, 0.15) is 5.82 Å². The van der Waals surface area contributed by atoms with E-state index in [0.29, 0.717) is 23.6 Å². The molecule has 6 nitrogen and oxygen atoms in total. The number of H-pyrrole nitrogens is 1. The molecule has 0 fully saturated rings. The Morgan fingerprint density at radius 2 is 1.84 bits per heavy atom. The van der Waals surface area contributed by atoms with Gasteiger partial charge < -0.3 is 15.2 Å². The molecule has 0 spiro atoms. The number of thioether (sulfide) groups is 1. The van der Waals surface area contributed by atoms with Crippen molar-refractivity contribution in [3.63, 3.8) is 0 Å². The first-order chi connectivity index (χ1) is 14.9. The largest absolute Gasteiger partial charge is 0.378 e. The van der Waals surface area contributed by atoms with Crippen LogP contribution in [0.5, 0.6) is 0 Å². The number of benzene rings is 2. The molecule has 7 heteroatoms. The summed E-state index contributed by atoms with van der Waals surface area (Å²) in [7, 11) is 4.04. The van der Waals surface area contributed by atoms with Crippen molar-refractivity contribution < 1.29 is 4.79 Å². The summed E-state index contributed by atoms with van der Waals surface area (Å²) in [5.41, 5.74) is 6.34. The number of anilines is 1. The van der Waals surface area contributed by atoms with Crippen LogP contribution >= 0.6 is 11.8 Å². The second-order valence-corrected chi connectivity index (χ2v) is 8.41. The Bertz CT molecular complexity index is 1230. The number of hydrogen-bond donors (Lipinski definition) is 2. The lowest BCUT2D eigenvalue weighted by atomic mass is 10.1. The fraction of sp³-hybridized carbons (Fsp3) is 0.208. The Morgan fingerprint density at radius 3 is 2.55 bits per heavy atom. The predicted molar refractivity (Wildman–Crippen MR) is 128 cm³/mol. The Kier molecular flexibility index (Phi) is 5.95. The lowest BCUT2D eigenvalue weighted by Crippen LogP contribution is -2.23. The molecule has 0 saturated heterocycles. The fourth-order valence-electron chi connectivity index (χ4n) is 3.34. The third kappa shape index (κ3) is 4.56. The van der Waals surface area contributed by atoms with Crippen molar-refractivity contribution in [2.24, 2.45) is 0 Å². The van der Waals surface area contributed by atoms with Gasteiger partial charge in [0.25, 0.3) is 5.91 Å².